The monoisotopic (exact) mass is 616 g/mol. The van der Waals surface area contributed by atoms with Crippen LogP contribution in [0.1, 0.15) is 117 Å². The summed E-state index contributed by atoms with van der Waals surface area (Å²) in [5, 5.41) is 0. The van der Waals surface area contributed by atoms with E-state index in [1.165, 1.54) is 69.8 Å². The van der Waals surface area contributed by atoms with Crippen LogP contribution in [-0.4, -0.2) is 3.81 Å². The van der Waals surface area contributed by atoms with E-state index in [2.05, 4.69) is 85.8 Å². The first-order chi connectivity index (χ1) is 19.3. The molecule has 4 aliphatic rings. The third-order valence-corrected chi connectivity index (χ3v) is 14.9. The zero-order valence-corrected chi connectivity index (χ0v) is 27.5. The van der Waals surface area contributed by atoms with Gasteiger partial charge in [-0.25, -0.2) is 0 Å². The maximum Gasteiger partial charge on any atom is -1.00 e. The summed E-state index contributed by atoms with van der Waals surface area (Å²) in [7, 11) is 0. The van der Waals surface area contributed by atoms with Gasteiger partial charge < -0.3 is 24.8 Å². The minimum absolute atomic E-state index is 0. The van der Waals surface area contributed by atoms with Gasteiger partial charge >= 0.3 is 243 Å². The molecule has 0 atom stereocenters. The molecule has 0 amide bonds. The molecule has 0 heterocycles. The molecule has 7 rings (SSSR count). The number of hydrogen-bond acceptors (Lipinski definition) is 0. The molecular weight excluding hydrogens is 575 g/mol. The molecule has 41 heavy (non-hydrogen) atoms. The molecule has 0 N–H and O–H groups in total. The Kier molecular flexibility index (Phi) is 10.3. The van der Waals surface area contributed by atoms with E-state index < -0.39 is 17.4 Å². The Morgan fingerprint density at radius 1 is 0.707 bits per heavy atom. The van der Waals surface area contributed by atoms with E-state index in [1.54, 1.807) is 44.9 Å². The van der Waals surface area contributed by atoms with Crippen LogP contribution < -0.4 is 28.7 Å². The fraction of sp³-hybridized carbons (Fsp3) is 0.395. The van der Waals surface area contributed by atoms with Crippen molar-refractivity contribution in [3.05, 3.63) is 111 Å². The molecule has 3 heteroatoms. The van der Waals surface area contributed by atoms with Crippen molar-refractivity contribution in [1.29, 1.82) is 0 Å². The van der Waals surface area contributed by atoms with E-state index in [9.17, 15) is 0 Å². The largest absolute Gasteiger partial charge is 1.00 e. The average Bonchev–Trinajstić information content (AvgIpc) is 3.67. The molecule has 3 aromatic rings. The molecule has 0 spiro atoms. The molecule has 0 aromatic heterocycles. The molecule has 0 unspecified atom stereocenters. The van der Waals surface area contributed by atoms with Gasteiger partial charge in [-0.15, -0.1) is 0 Å². The molecule has 0 radical (unpaired) electrons. The van der Waals surface area contributed by atoms with E-state index in [1.807, 2.05) is 0 Å². The van der Waals surface area contributed by atoms with Gasteiger partial charge in [-0.1, -0.05) is 0 Å². The van der Waals surface area contributed by atoms with Crippen molar-refractivity contribution in [1.82, 2.24) is 0 Å². The summed E-state index contributed by atoms with van der Waals surface area (Å²) in [5.41, 5.74) is 11.1. The van der Waals surface area contributed by atoms with Crippen LogP contribution in [-0.2, 0) is 23.8 Å². The summed E-state index contributed by atoms with van der Waals surface area (Å²) < 4.78 is 5.13. The van der Waals surface area contributed by atoms with Crippen LogP contribution in [0.2, 0.25) is 0 Å². The van der Waals surface area contributed by atoms with Crippen molar-refractivity contribution < 1.29 is 42.2 Å². The molecule has 2 saturated carbocycles. The molecule has 4 aliphatic carbocycles. The number of rotatable bonds is 5. The van der Waals surface area contributed by atoms with Crippen LogP contribution in [0.25, 0.3) is 11.1 Å². The summed E-state index contributed by atoms with van der Waals surface area (Å²) in [6.07, 6.45) is 23.4. The van der Waals surface area contributed by atoms with E-state index in [0.29, 0.717) is 0 Å². The average molecular weight is 618 g/mol. The molecule has 3 aromatic carbocycles. The number of fused-ring (bicyclic) bond motifs is 3. The van der Waals surface area contributed by atoms with Gasteiger partial charge in [0.15, 0.2) is 0 Å². The van der Waals surface area contributed by atoms with E-state index >= 15 is 0 Å². The Bertz CT molecular complexity index is 1470. The third kappa shape index (κ3) is 6.19. The van der Waals surface area contributed by atoms with Crippen LogP contribution in [0.15, 0.2) is 82.8 Å². The van der Waals surface area contributed by atoms with Gasteiger partial charge in [0.25, 0.3) is 0 Å². The predicted molar refractivity (Wildman–Crippen MR) is 164 cm³/mol. The van der Waals surface area contributed by atoms with E-state index in [4.69, 9.17) is 0 Å². The second kappa shape index (κ2) is 13.7. The summed E-state index contributed by atoms with van der Waals surface area (Å²) in [4.78, 5) is 0. The van der Waals surface area contributed by atoms with Crippen molar-refractivity contribution in [2.24, 2.45) is 0 Å². The Morgan fingerprint density at radius 2 is 1.37 bits per heavy atom. The topological polar surface area (TPSA) is 0 Å². The van der Waals surface area contributed by atoms with Crippen molar-refractivity contribution in [2.45, 2.75) is 95.8 Å². The number of hydrogen-bond donors (Lipinski definition) is 0. The summed E-state index contributed by atoms with van der Waals surface area (Å²) in [6.45, 7) is 2.47. The normalized spacial score (nSPS) is 18.6. The maximum absolute atomic E-state index is 2.74. The summed E-state index contributed by atoms with van der Waals surface area (Å²) in [6, 6.07) is 24.3. The number of allylic oxidation sites excluding steroid dienone is 4. The molecular formula is C38H42Cl2Ti. The SMILES string of the molecule is C/[C](c1ccccc1)=[Ti+2](\[C]1=CC=CC1)[c]1cc(C2CCCCC2)cc2c1Cc1ccc(C3CCCCC3)cc1-2.[Cl-].[Cl-]. The van der Waals surface area contributed by atoms with Crippen LogP contribution in [0.3, 0.4) is 0 Å². The van der Waals surface area contributed by atoms with Gasteiger partial charge in [-0.05, 0) is 0 Å². The van der Waals surface area contributed by atoms with Crippen LogP contribution in [0.5, 0.6) is 0 Å². The molecule has 0 bridgehead atoms. The second-order valence-electron chi connectivity index (χ2n) is 12.5. The zero-order valence-electron chi connectivity index (χ0n) is 24.4. The molecule has 0 saturated heterocycles. The fourth-order valence-electron chi connectivity index (χ4n) is 7.98. The standard InChI is InChI=1S/C25H29.C8H8.C5H5.2ClH.Ti/c1-3-7-18(8-4-1)20-11-13-22-15-23-14-12-21(17-25(23)24(22)16-20)19-9-5-2-6-10-19;1-2-8-6-4-3-5-7-8;1-2-4-5-3-1;;;/h11-13,16-19H,1-10,15H2;3-7H,1H3;1-3H,4H2;2*1H;/q;;;;;+2/p-2. The van der Waals surface area contributed by atoms with Gasteiger partial charge in [-0.2, -0.15) is 0 Å². The summed E-state index contributed by atoms with van der Waals surface area (Å²) >= 11 is -1.93. The number of halogens is 2. The van der Waals surface area contributed by atoms with E-state index in [-0.39, 0.29) is 24.8 Å². The molecule has 2 fully saturated rings. The van der Waals surface area contributed by atoms with Gasteiger partial charge in [0.1, 0.15) is 0 Å². The Labute approximate surface area is 265 Å². The maximum atomic E-state index is 2.74. The van der Waals surface area contributed by atoms with Crippen LogP contribution >= 0.6 is 0 Å². The quantitative estimate of drug-likeness (QED) is 0.300. The zero-order chi connectivity index (χ0) is 26.2. The minimum atomic E-state index is -1.93. The van der Waals surface area contributed by atoms with Gasteiger partial charge in [0, 0.05) is 0 Å². The molecule has 0 nitrogen and oxygen atoms in total. The van der Waals surface area contributed by atoms with Gasteiger partial charge in [-0.3, -0.25) is 0 Å². The predicted octanol–water partition coefficient (Wildman–Crippen LogP) is 3.69. The second-order valence-corrected chi connectivity index (χ2v) is 16.7. The first-order valence-electron chi connectivity index (χ1n) is 15.7. The Morgan fingerprint density at radius 3 is 2.02 bits per heavy atom. The minimum Gasteiger partial charge on any atom is -1.00 e. The van der Waals surface area contributed by atoms with E-state index in [0.717, 1.165) is 24.7 Å². The third-order valence-electron chi connectivity index (χ3n) is 10.2. The van der Waals surface area contributed by atoms with Crippen LogP contribution in [0, 0.1) is 0 Å². The van der Waals surface area contributed by atoms with Gasteiger partial charge in [0.05, 0.1) is 0 Å². The van der Waals surface area contributed by atoms with Crippen molar-refractivity contribution in [3.8, 4) is 11.1 Å². The van der Waals surface area contributed by atoms with Crippen LogP contribution in [0.4, 0.5) is 0 Å². The van der Waals surface area contributed by atoms with Crippen molar-refractivity contribution in [2.75, 3.05) is 0 Å². The Hall–Kier alpha value is -1.70. The van der Waals surface area contributed by atoms with Crippen molar-refractivity contribution >= 4 is 7.68 Å². The molecule has 212 valence electrons. The molecule has 0 aliphatic heterocycles. The Balaban J connectivity index is 0.00000169. The fourth-order valence-corrected chi connectivity index (χ4v) is 12.8. The van der Waals surface area contributed by atoms with Gasteiger partial charge in [0.2, 0.25) is 0 Å². The number of benzene rings is 3. The summed E-state index contributed by atoms with van der Waals surface area (Å²) in [5.74, 6) is 1.50. The first kappa shape index (κ1) is 30.8. The van der Waals surface area contributed by atoms with Crippen molar-refractivity contribution in [3.63, 3.8) is 0 Å². The first-order valence-corrected chi connectivity index (χ1v) is 18.0. The smallest absolute Gasteiger partial charge is 1.00 e.